The Kier molecular flexibility index (Phi) is 7.23. The Balaban J connectivity index is 1.93. The highest BCUT2D eigenvalue weighted by Crippen LogP contribution is 2.51. The molecule has 218 valence electrons. The van der Waals surface area contributed by atoms with Crippen molar-refractivity contribution in [3.8, 4) is 69.8 Å². The maximum absolute atomic E-state index is 15.1. The summed E-state index contributed by atoms with van der Waals surface area (Å²) in [6.45, 7) is 0. The summed E-state index contributed by atoms with van der Waals surface area (Å²) < 4.78 is 118. The van der Waals surface area contributed by atoms with Gasteiger partial charge in [0, 0.05) is 16.7 Å². The molecule has 0 saturated carbocycles. The van der Waals surface area contributed by atoms with Gasteiger partial charge in [-0.3, -0.25) is 0 Å². The van der Waals surface area contributed by atoms with Crippen LogP contribution in [0.3, 0.4) is 0 Å². The zero-order valence-corrected chi connectivity index (χ0v) is 22.0. The van der Waals surface area contributed by atoms with Crippen LogP contribution in [0.4, 0.5) is 35.1 Å². The van der Waals surface area contributed by atoms with E-state index in [0.717, 1.165) is 36.4 Å². The first-order valence-electron chi connectivity index (χ1n) is 12.2. The van der Waals surface area contributed by atoms with Crippen molar-refractivity contribution < 1.29 is 35.1 Å². The van der Waals surface area contributed by atoms with Crippen molar-refractivity contribution in [1.29, 1.82) is 31.6 Å². The van der Waals surface area contributed by atoms with Crippen LogP contribution in [0.5, 0.6) is 0 Å². The Morgan fingerprint density at radius 3 is 0.978 bits per heavy atom. The molecule has 5 rings (SSSR count). The van der Waals surface area contributed by atoms with Crippen molar-refractivity contribution in [3.05, 3.63) is 110 Å². The molecule has 14 heteroatoms. The smallest absolute Gasteiger partial charge is 0.180 e. The highest BCUT2D eigenvalue weighted by Gasteiger charge is 2.35. The molecule has 1 aliphatic rings. The first-order valence-corrected chi connectivity index (χ1v) is 12.2. The highest BCUT2D eigenvalue weighted by atomic mass is 19.2. The largest absolute Gasteiger partial charge is 0.203 e. The zero-order valence-electron chi connectivity index (χ0n) is 22.0. The van der Waals surface area contributed by atoms with Crippen molar-refractivity contribution in [2.75, 3.05) is 0 Å². The van der Waals surface area contributed by atoms with Gasteiger partial charge in [0.05, 0.1) is 34.4 Å². The molecule has 0 radical (unpaired) electrons. The van der Waals surface area contributed by atoms with Gasteiger partial charge in [-0.05, 0) is 46.5 Å². The van der Waals surface area contributed by atoms with Crippen molar-refractivity contribution in [3.63, 3.8) is 0 Å². The summed E-state index contributed by atoms with van der Waals surface area (Å²) in [5.74, 6) is -16.5. The van der Waals surface area contributed by atoms with E-state index in [1.807, 2.05) is 0 Å². The van der Waals surface area contributed by atoms with Gasteiger partial charge in [-0.2, -0.15) is 31.6 Å². The Bertz CT molecular complexity index is 2200. The first kappa shape index (κ1) is 30.5. The molecule has 4 aromatic carbocycles. The molecule has 1 aliphatic carbocycles. The Hall–Kier alpha value is -7.00. The molecule has 0 atom stereocenters. The number of hydrogen-bond acceptors (Lipinski definition) is 6. The molecule has 0 spiro atoms. The van der Waals surface area contributed by atoms with Crippen LogP contribution in [0.1, 0.15) is 33.4 Å². The van der Waals surface area contributed by atoms with Gasteiger partial charge in [0.1, 0.15) is 41.0 Å². The third-order valence-corrected chi connectivity index (χ3v) is 7.15. The van der Waals surface area contributed by atoms with Crippen molar-refractivity contribution >= 4 is 5.57 Å². The molecule has 0 fully saturated rings. The first-order chi connectivity index (χ1) is 21.9. The highest BCUT2D eigenvalue weighted by molar-refractivity contribution is 6.07. The number of allylic oxidation sites excluding steroid dienone is 1. The summed E-state index contributed by atoms with van der Waals surface area (Å²) in [5.41, 5.74) is -10.8. The number of hydrogen-bond donors (Lipinski definition) is 0. The van der Waals surface area contributed by atoms with Crippen LogP contribution in [0.25, 0.3) is 39.0 Å². The minimum atomic E-state index is -2.08. The molecule has 0 saturated heterocycles. The van der Waals surface area contributed by atoms with Crippen LogP contribution in [-0.4, -0.2) is 0 Å². The quantitative estimate of drug-likeness (QED) is 0.113. The topological polar surface area (TPSA) is 143 Å². The predicted molar refractivity (Wildman–Crippen MR) is 139 cm³/mol. The van der Waals surface area contributed by atoms with Crippen LogP contribution in [0, 0.1) is 115 Å². The number of halogens is 8. The fourth-order valence-corrected chi connectivity index (χ4v) is 5.14. The van der Waals surface area contributed by atoms with Gasteiger partial charge in [-0.1, -0.05) is 0 Å². The standard InChI is InChI=1S/C32H4F8N6/c33-25-20(9-45)26(34)30(38)23(29(25)37)14-3-18-16(1-11(14)5-41)17-2-12(6-42)15(4-19(17)22(18)13(7-43)8-44)24-31(39)27(35)21(10-46)28(36)32(24)40/h1-4H. The lowest BCUT2D eigenvalue weighted by atomic mass is 9.90. The molecule has 4 aromatic rings. The monoisotopic (exact) mass is 624 g/mol. The SMILES string of the molecule is N#CC(C#N)=C1c2cc(-c3c(F)c(F)c(C#N)c(F)c3F)c(C#N)cc2-c2cc(C#N)c(-c3c(F)c(F)c(C#N)c(F)c3F)cc21. The lowest BCUT2D eigenvalue weighted by Crippen LogP contribution is -2.05. The van der Waals surface area contributed by atoms with E-state index in [9.17, 15) is 38.6 Å². The van der Waals surface area contributed by atoms with Crippen LogP contribution < -0.4 is 0 Å². The molecule has 0 unspecified atom stereocenters. The van der Waals surface area contributed by atoms with Gasteiger partial charge >= 0.3 is 0 Å². The number of benzene rings is 4. The number of rotatable bonds is 2. The molecule has 0 bridgehead atoms. The second-order valence-corrected chi connectivity index (χ2v) is 9.32. The normalized spacial score (nSPS) is 10.9. The molecule has 0 N–H and O–H groups in total. The van der Waals surface area contributed by atoms with E-state index in [1.165, 1.54) is 0 Å². The number of nitriles is 6. The molecule has 6 nitrogen and oxygen atoms in total. The third kappa shape index (κ3) is 4.04. The lowest BCUT2D eigenvalue weighted by molar-refractivity contribution is 0.454. The fraction of sp³-hybridized carbons (Fsp3) is 0. The maximum atomic E-state index is 15.1. The fourth-order valence-electron chi connectivity index (χ4n) is 5.14. The second kappa shape index (κ2) is 10.9. The van der Waals surface area contributed by atoms with E-state index < -0.39 is 102 Å². The van der Waals surface area contributed by atoms with Gasteiger partial charge in [-0.15, -0.1) is 0 Å². The molecule has 0 aromatic heterocycles. The Morgan fingerprint density at radius 2 is 0.717 bits per heavy atom. The van der Waals surface area contributed by atoms with Gasteiger partial charge in [0.25, 0.3) is 0 Å². The zero-order chi connectivity index (χ0) is 33.8. The van der Waals surface area contributed by atoms with Crippen LogP contribution >= 0.6 is 0 Å². The van der Waals surface area contributed by atoms with Gasteiger partial charge in [0.15, 0.2) is 46.5 Å². The van der Waals surface area contributed by atoms with Gasteiger partial charge in [0.2, 0.25) is 0 Å². The minimum absolute atomic E-state index is 0.107. The maximum Gasteiger partial charge on any atom is 0.180 e. The summed E-state index contributed by atoms with van der Waals surface area (Å²) in [6.07, 6.45) is 0. The van der Waals surface area contributed by atoms with Crippen molar-refractivity contribution in [2.24, 2.45) is 0 Å². The third-order valence-electron chi connectivity index (χ3n) is 7.15. The summed E-state index contributed by atoms with van der Waals surface area (Å²) in [7, 11) is 0. The average Bonchev–Trinajstić information content (AvgIpc) is 3.35. The molecule has 46 heavy (non-hydrogen) atoms. The number of nitrogens with zero attached hydrogens (tertiary/aromatic N) is 6. The van der Waals surface area contributed by atoms with E-state index in [2.05, 4.69) is 0 Å². The summed E-state index contributed by atoms with van der Waals surface area (Å²) >= 11 is 0. The Morgan fingerprint density at radius 1 is 0.391 bits per heavy atom. The predicted octanol–water partition coefficient (Wildman–Crippen LogP) is 7.45. The Labute approximate surface area is 252 Å². The van der Waals surface area contributed by atoms with Crippen LogP contribution in [0.2, 0.25) is 0 Å². The van der Waals surface area contributed by atoms with Crippen LogP contribution in [-0.2, 0) is 0 Å². The van der Waals surface area contributed by atoms with Crippen molar-refractivity contribution in [1.82, 2.24) is 0 Å². The summed E-state index contributed by atoms with van der Waals surface area (Å²) in [6, 6.07) is 11.7. The van der Waals surface area contributed by atoms with Crippen LogP contribution in [0.15, 0.2) is 29.8 Å². The van der Waals surface area contributed by atoms with E-state index in [4.69, 9.17) is 10.5 Å². The lowest BCUT2D eigenvalue weighted by Gasteiger charge is -2.13. The molecule has 0 amide bonds. The number of fused-ring (bicyclic) bond motifs is 3. The summed E-state index contributed by atoms with van der Waals surface area (Å²) in [5, 5.41) is 56.9. The summed E-state index contributed by atoms with van der Waals surface area (Å²) in [4.78, 5) is 0. The molecule has 0 aliphatic heterocycles. The van der Waals surface area contributed by atoms with E-state index >= 15 is 17.6 Å². The minimum Gasteiger partial charge on any atom is -0.203 e. The van der Waals surface area contributed by atoms with E-state index in [-0.39, 0.29) is 22.3 Å². The van der Waals surface area contributed by atoms with E-state index in [1.54, 1.807) is 24.3 Å². The van der Waals surface area contributed by atoms with Gasteiger partial charge in [-0.25, -0.2) is 35.1 Å². The van der Waals surface area contributed by atoms with Crippen molar-refractivity contribution in [2.45, 2.75) is 0 Å². The van der Waals surface area contributed by atoms with E-state index in [0.29, 0.717) is 0 Å². The molecular weight excluding hydrogens is 620 g/mol. The average molecular weight is 624 g/mol. The molecular formula is C32H4F8N6. The second-order valence-electron chi connectivity index (χ2n) is 9.32. The molecule has 0 heterocycles. The van der Waals surface area contributed by atoms with Gasteiger partial charge < -0.3 is 0 Å².